The largest absolute Gasteiger partial charge is 0.266 e. The molecule has 0 aromatic carbocycles. The average Bonchev–Trinajstić information content (AvgIpc) is 1.98. The van der Waals surface area contributed by atoms with Gasteiger partial charge in [0.15, 0.2) is 0 Å². The Labute approximate surface area is 75.0 Å². The lowest BCUT2D eigenvalue weighted by atomic mass is 10.2. The quantitative estimate of drug-likeness (QED) is 0.495. The van der Waals surface area contributed by atoms with E-state index < -0.39 is 0 Å². The van der Waals surface area contributed by atoms with E-state index >= 15 is 0 Å². The van der Waals surface area contributed by atoms with Crippen LogP contribution in [0.25, 0.3) is 0 Å². The van der Waals surface area contributed by atoms with Crippen LogP contribution in [0.3, 0.4) is 0 Å². The molecule has 0 rings (SSSR count). The van der Waals surface area contributed by atoms with Gasteiger partial charge < -0.3 is 0 Å². The highest BCUT2D eigenvalue weighted by molar-refractivity contribution is 7.81. The molecule has 0 saturated heterocycles. The minimum Gasteiger partial charge on any atom is -0.266 e. The number of hydrogen-bond donors (Lipinski definition) is 1. The van der Waals surface area contributed by atoms with Crippen molar-refractivity contribution in [2.24, 2.45) is 4.99 Å². The molecule has 0 spiro atoms. The summed E-state index contributed by atoms with van der Waals surface area (Å²) in [4.78, 5) is 4.27. The summed E-state index contributed by atoms with van der Waals surface area (Å²) in [6.07, 6.45) is 2.92. The predicted molar refractivity (Wildman–Crippen MR) is 55.6 cm³/mol. The molecular weight excluding hydrogens is 154 g/mol. The third-order valence-corrected chi connectivity index (χ3v) is 2.05. The van der Waals surface area contributed by atoms with Crippen molar-refractivity contribution in [1.29, 1.82) is 0 Å². The Balaban J connectivity index is 4.27. The Kier molecular flexibility index (Phi) is 5.30. The van der Waals surface area contributed by atoms with Gasteiger partial charge in [0.2, 0.25) is 0 Å². The smallest absolute Gasteiger partial charge is 0.0368 e. The molecule has 0 N–H and O–H groups in total. The number of thiol groups is 1. The first kappa shape index (κ1) is 10.8. The van der Waals surface area contributed by atoms with E-state index in [1.54, 1.807) is 0 Å². The zero-order chi connectivity index (χ0) is 8.85. The summed E-state index contributed by atoms with van der Waals surface area (Å²) in [7, 11) is 0. The number of aliphatic imine (C=N–C) groups is 1. The minimum absolute atomic E-state index is 0.309. The molecule has 64 valence electrons. The molecule has 1 unspecified atom stereocenters. The van der Waals surface area contributed by atoms with Gasteiger partial charge in [0.1, 0.15) is 0 Å². The van der Waals surface area contributed by atoms with Crippen molar-refractivity contribution in [3.63, 3.8) is 0 Å². The fraction of sp³-hybridized carbons (Fsp3) is 0.667. The maximum Gasteiger partial charge on any atom is 0.0368 e. The van der Waals surface area contributed by atoms with Crippen LogP contribution in [0.15, 0.2) is 16.3 Å². The average molecular weight is 171 g/mol. The molecular formula is C9H17NS. The second-order valence-electron chi connectivity index (χ2n) is 2.66. The van der Waals surface area contributed by atoms with E-state index in [4.69, 9.17) is 0 Å². The topological polar surface area (TPSA) is 12.4 Å². The maximum absolute atomic E-state index is 4.32. The van der Waals surface area contributed by atoms with Crippen LogP contribution in [0.1, 0.15) is 34.1 Å². The van der Waals surface area contributed by atoms with Crippen molar-refractivity contribution in [3.8, 4) is 0 Å². The van der Waals surface area contributed by atoms with E-state index in [1.807, 2.05) is 13.1 Å². The van der Waals surface area contributed by atoms with Gasteiger partial charge in [-0.1, -0.05) is 6.92 Å². The lowest BCUT2D eigenvalue weighted by Crippen LogP contribution is -1.95. The van der Waals surface area contributed by atoms with Crippen LogP contribution in [-0.2, 0) is 0 Å². The molecule has 11 heavy (non-hydrogen) atoms. The Bertz CT molecular complexity index is 168. The van der Waals surface area contributed by atoms with Gasteiger partial charge >= 0.3 is 0 Å². The first-order valence-electron chi connectivity index (χ1n) is 3.97. The summed E-state index contributed by atoms with van der Waals surface area (Å²) >= 11 is 4.32. The van der Waals surface area contributed by atoms with Crippen molar-refractivity contribution in [3.05, 3.63) is 11.3 Å². The molecule has 1 nitrogen and oxygen atoms in total. The zero-order valence-corrected chi connectivity index (χ0v) is 8.65. The lowest BCUT2D eigenvalue weighted by molar-refractivity contribution is 1.06. The fourth-order valence-corrected chi connectivity index (χ4v) is 0.819. The second-order valence-corrected chi connectivity index (χ2v) is 3.44. The molecule has 0 amide bonds. The Morgan fingerprint density at radius 1 is 1.55 bits per heavy atom. The number of rotatable bonds is 3. The van der Waals surface area contributed by atoms with E-state index in [1.165, 1.54) is 5.57 Å². The minimum atomic E-state index is 0.309. The SMILES string of the molecule is CCC=N/C(C)=C(/C)C(C)S. The van der Waals surface area contributed by atoms with Gasteiger partial charge in [0.25, 0.3) is 0 Å². The third-order valence-electron chi connectivity index (χ3n) is 1.66. The van der Waals surface area contributed by atoms with E-state index in [0.717, 1.165) is 12.1 Å². The highest BCUT2D eigenvalue weighted by Gasteiger charge is 1.99. The van der Waals surface area contributed by atoms with Gasteiger partial charge in [0.05, 0.1) is 0 Å². The van der Waals surface area contributed by atoms with Crippen LogP contribution in [-0.4, -0.2) is 11.5 Å². The fourth-order valence-electron chi connectivity index (χ4n) is 0.632. The zero-order valence-electron chi connectivity index (χ0n) is 7.76. The van der Waals surface area contributed by atoms with E-state index in [2.05, 4.69) is 38.4 Å². The molecule has 0 fully saturated rings. The summed E-state index contributed by atoms with van der Waals surface area (Å²) in [6, 6.07) is 0. The molecule has 0 aromatic rings. The number of allylic oxidation sites excluding steroid dienone is 1. The maximum atomic E-state index is 4.32. The van der Waals surface area contributed by atoms with Crippen LogP contribution >= 0.6 is 12.6 Å². The Morgan fingerprint density at radius 3 is 2.45 bits per heavy atom. The van der Waals surface area contributed by atoms with Crippen LogP contribution in [0.2, 0.25) is 0 Å². The second kappa shape index (κ2) is 5.42. The highest BCUT2D eigenvalue weighted by Crippen LogP contribution is 2.13. The van der Waals surface area contributed by atoms with Gasteiger partial charge in [0, 0.05) is 17.2 Å². The van der Waals surface area contributed by atoms with E-state index in [-0.39, 0.29) is 0 Å². The first-order chi connectivity index (χ1) is 5.09. The summed E-state index contributed by atoms with van der Waals surface area (Å²) in [6.45, 7) is 8.23. The number of nitrogens with zero attached hydrogens (tertiary/aromatic N) is 1. The van der Waals surface area contributed by atoms with Crippen molar-refractivity contribution in [1.82, 2.24) is 0 Å². The van der Waals surface area contributed by atoms with Gasteiger partial charge in [-0.3, -0.25) is 4.99 Å². The normalized spacial score (nSPS) is 16.8. The standard InChI is InChI=1S/C9H17NS/c1-5-6-10-8(3)7(2)9(4)11/h6,9,11H,5H2,1-4H3/b8-7-,10-6?. The summed E-state index contributed by atoms with van der Waals surface area (Å²) in [5.74, 6) is 0. The van der Waals surface area contributed by atoms with E-state index in [0.29, 0.717) is 5.25 Å². The molecule has 0 bridgehead atoms. The third kappa shape index (κ3) is 4.25. The predicted octanol–water partition coefficient (Wildman–Crippen LogP) is 3.08. The Morgan fingerprint density at radius 2 is 2.09 bits per heavy atom. The van der Waals surface area contributed by atoms with Crippen molar-refractivity contribution in [2.45, 2.75) is 39.4 Å². The van der Waals surface area contributed by atoms with Gasteiger partial charge in [-0.05, 0) is 32.8 Å². The number of hydrogen-bond acceptors (Lipinski definition) is 2. The van der Waals surface area contributed by atoms with Crippen LogP contribution in [0.4, 0.5) is 0 Å². The molecule has 0 aliphatic rings. The molecule has 0 radical (unpaired) electrons. The van der Waals surface area contributed by atoms with Crippen molar-refractivity contribution >= 4 is 18.8 Å². The van der Waals surface area contributed by atoms with Crippen LogP contribution < -0.4 is 0 Å². The first-order valence-corrected chi connectivity index (χ1v) is 4.49. The van der Waals surface area contributed by atoms with E-state index in [9.17, 15) is 0 Å². The summed E-state index contributed by atoms with van der Waals surface area (Å²) in [5, 5.41) is 0.309. The molecule has 0 saturated carbocycles. The molecule has 0 heterocycles. The summed E-state index contributed by atoms with van der Waals surface area (Å²) in [5.41, 5.74) is 2.34. The molecule has 2 heteroatoms. The lowest BCUT2D eigenvalue weighted by Gasteiger charge is -2.05. The van der Waals surface area contributed by atoms with Crippen molar-refractivity contribution < 1.29 is 0 Å². The Hall–Kier alpha value is -0.240. The van der Waals surface area contributed by atoms with Gasteiger partial charge in [-0.2, -0.15) is 12.6 Å². The van der Waals surface area contributed by atoms with Gasteiger partial charge in [-0.25, -0.2) is 0 Å². The van der Waals surface area contributed by atoms with Crippen LogP contribution in [0, 0.1) is 0 Å². The molecule has 0 aliphatic carbocycles. The highest BCUT2D eigenvalue weighted by atomic mass is 32.1. The molecule has 1 atom stereocenters. The summed E-state index contributed by atoms with van der Waals surface area (Å²) < 4.78 is 0. The molecule has 0 aliphatic heterocycles. The van der Waals surface area contributed by atoms with Gasteiger partial charge in [-0.15, -0.1) is 0 Å². The molecule has 0 aromatic heterocycles. The van der Waals surface area contributed by atoms with Crippen LogP contribution in [0.5, 0.6) is 0 Å². The monoisotopic (exact) mass is 171 g/mol. The van der Waals surface area contributed by atoms with Crippen molar-refractivity contribution in [2.75, 3.05) is 0 Å².